The third-order valence-corrected chi connectivity index (χ3v) is 4.32. The van der Waals surface area contributed by atoms with Crippen molar-refractivity contribution in [3.05, 3.63) is 47.5 Å². The number of nitrogens with zero attached hydrogens (tertiary/aromatic N) is 1. The number of carbonyl (C=O) groups excluding carboxylic acids is 1. The molecule has 0 saturated heterocycles. The molecule has 0 unspecified atom stereocenters. The van der Waals surface area contributed by atoms with Gasteiger partial charge in [-0.05, 0) is 31.0 Å². The normalized spacial score (nSPS) is 15.1. The number of hydrogen-bond donors (Lipinski definition) is 2. The van der Waals surface area contributed by atoms with Crippen molar-refractivity contribution in [2.45, 2.75) is 19.3 Å². The first-order chi connectivity index (χ1) is 11.7. The largest absolute Gasteiger partial charge is 0.513 e. The van der Waals surface area contributed by atoms with Gasteiger partial charge in [-0.3, -0.25) is 4.90 Å². The summed E-state index contributed by atoms with van der Waals surface area (Å²) < 4.78 is 9.49. The molecule has 0 atom stereocenters. The summed E-state index contributed by atoms with van der Waals surface area (Å²) in [7, 11) is 1.25. The Kier molecular flexibility index (Phi) is 6.73. The van der Waals surface area contributed by atoms with Crippen LogP contribution in [0.3, 0.4) is 0 Å². The molecule has 1 aliphatic heterocycles. The van der Waals surface area contributed by atoms with Crippen molar-refractivity contribution in [2.75, 3.05) is 26.7 Å². The van der Waals surface area contributed by atoms with Crippen LogP contribution in [0.5, 0.6) is 0 Å². The van der Waals surface area contributed by atoms with Gasteiger partial charge in [0.15, 0.2) is 5.76 Å². The fourth-order valence-corrected chi connectivity index (χ4v) is 3.03. The zero-order chi connectivity index (χ0) is 16.9. The van der Waals surface area contributed by atoms with Crippen molar-refractivity contribution >= 4 is 29.5 Å². The number of methoxy groups -OCH3 is 1. The highest BCUT2D eigenvalue weighted by Crippen LogP contribution is 2.21. The van der Waals surface area contributed by atoms with Crippen molar-refractivity contribution in [3.8, 4) is 0 Å². The third-order valence-electron chi connectivity index (χ3n) is 4.32. The molecule has 0 spiro atoms. The van der Waals surface area contributed by atoms with Gasteiger partial charge in [0.2, 0.25) is 0 Å². The Morgan fingerprint density at radius 1 is 1.36 bits per heavy atom. The van der Waals surface area contributed by atoms with Crippen LogP contribution in [0.2, 0.25) is 0 Å². The van der Waals surface area contributed by atoms with Gasteiger partial charge in [-0.1, -0.05) is 18.2 Å². The average Bonchev–Trinajstić information content (AvgIpc) is 3.01. The molecule has 1 aromatic heterocycles. The number of aromatic nitrogens is 1. The fraction of sp³-hybridized carbons (Fsp3) is 0.389. The van der Waals surface area contributed by atoms with E-state index in [9.17, 15) is 9.90 Å². The smallest absolute Gasteiger partial charge is 0.509 e. The Morgan fingerprint density at radius 2 is 2.16 bits per heavy atom. The highest BCUT2D eigenvalue weighted by Gasteiger charge is 2.22. The van der Waals surface area contributed by atoms with Crippen LogP contribution in [0.25, 0.3) is 10.9 Å². The Bertz CT molecular complexity index is 756. The number of hydrogen-bond acceptors (Lipinski definition) is 5. The van der Waals surface area contributed by atoms with E-state index >= 15 is 0 Å². The quantitative estimate of drug-likeness (QED) is 0.787. The van der Waals surface area contributed by atoms with Crippen LogP contribution >= 0.6 is 12.4 Å². The van der Waals surface area contributed by atoms with E-state index in [-0.39, 0.29) is 18.2 Å². The number of H-pyrrole nitrogens is 1. The van der Waals surface area contributed by atoms with Crippen molar-refractivity contribution in [3.63, 3.8) is 0 Å². The second kappa shape index (κ2) is 8.78. The Balaban J connectivity index is 0.00000225. The summed E-state index contributed by atoms with van der Waals surface area (Å²) in [5.41, 5.74) is 2.47. The minimum Gasteiger partial charge on any atom is -0.509 e. The average molecular weight is 367 g/mol. The number of para-hydroxylation sites is 1. The number of aliphatic hydroxyl groups is 1. The van der Waals surface area contributed by atoms with Crippen LogP contribution in [-0.4, -0.2) is 47.9 Å². The van der Waals surface area contributed by atoms with Crippen LogP contribution in [0.4, 0.5) is 4.79 Å². The Hall–Kier alpha value is -2.18. The van der Waals surface area contributed by atoms with Crippen LogP contribution in [0.1, 0.15) is 18.4 Å². The van der Waals surface area contributed by atoms with E-state index in [1.807, 2.05) is 12.1 Å². The lowest BCUT2D eigenvalue weighted by molar-refractivity contribution is 0.0789. The number of rotatable bonds is 5. The maximum Gasteiger partial charge on any atom is 0.513 e. The van der Waals surface area contributed by atoms with Gasteiger partial charge in [-0.15, -0.1) is 12.4 Å². The van der Waals surface area contributed by atoms with Gasteiger partial charge < -0.3 is 19.6 Å². The molecule has 0 aliphatic carbocycles. The number of aliphatic hydroxyl groups excluding tert-OH is 1. The molecule has 2 aromatic rings. The van der Waals surface area contributed by atoms with Gasteiger partial charge >= 0.3 is 6.16 Å². The molecule has 3 rings (SSSR count). The lowest BCUT2D eigenvalue weighted by atomic mass is 10.1. The lowest BCUT2D eigenvalue weighted by Gasteiger charge is -2.27. The number of aryl methyl sites for hydroxylation is 1. The van der Waals surface area contributed by atoms with E-state index in [1.54, 1.807) is 0 Å². The van der Waals surface area contributed by atoms with Gasteiger partial charge in [0.1, 0.15) is 5.76 Å². The molecule has 2 N–H and O–H groups in total. The number of carbonyl (C=O) groups is 1. The summed E-state index contributed by atoms with van der Waals surface area (Å²) in [5, 5.41) is 11.1. The van der Waals surface area contributed by atoms with Crippen LogP contribution in [0, 0.1) is 0 Å². The number of benzene rings is 1. The zero-order valence-corrected chi connectivity index (χ0v) is 15.0. The second-order valence-corrected chi connectivity index (χ2v) is 5.92. The van der Waals surface area contributed by atoms with Crippen molar-refractivity contribution in [1.29, 1.82) is 0 Å². The lowest BCUT2D eigenvalue weighted by Crippen LogP contribution is -2.34. The highest BCUT2D eigenvalue weighted by atomic mass is 35.5. The van der Waals surface area contributed by atoms with Gasteiger partial charge in [0.05, 0.1) is 13.7 Å². The fourth-order valence-electron chi connectivity index (χ4n) is 3.03. The molecule has 1 aliphatic rings. The monoisotopic (exact) mass is 366 g/mol. The van der Waals surface area contributed by atoms with Crippen molar-refractivity contribution < 1.29 is 19.4 Å². The first-order valence-electron chi connectivity index (χ1n) is 8.11. The second-order valence-electron chi connectivity index (χ2n) is 5.92. The number of aromatic amines is 1. The summed E-state index contributed by atoms with van der Waals surface area (Å²) >= 11 is 0. The summed E-state index contributed by atoms with van der Waals surface area (Å²) in [5.74, 6) is 0.425. The maximum absolute atomic E-state index is 11.2. The SMILES string of the molecule is COC(=O)OC1=C(O)CCN(CCCc2c[nH]c3ccccc23)C1.Cl. The van der Waals surface area contributed by atoms with E-state index in [0.29, 0.717) is 18.7 Å². The summed E-state index contributed by atoms with van der Waals surface area (Å²) in [6, 6.07) is 8.28. The van der Waals surface area contributed by atoms with Gasteiger partial charge in [-0.25, -0.2) is 4.79 Å². The molecule has 25 heavy (non-hydrogen) atoms. The molecule has 7 heteroatoms. The number of nitrogens with one attached hydrogen (secondary N) is 1. The standard InChI is InChI=1S/C18H22N2O4.ClH/c1-23-18(22)24-17-12-20(10-8-16(17)21)9-4-5-13-11-19-15-7-3-2-6-14(13)15;/h2-3,6-7,11,19,21H,4-5,8-10,12H2,1H3;1H. The van der Waals surface area contributed by atoms with E-state index in [4.69, 9.17) is 4.74 Å². The number of halogens is 1. The molecular formula is C18H23ClN2O4. The van der Waals surface area contributed by atoms with E-state index < -0.39 is 6.16 Å². The van der Waals surface area contributed by atoms with Crippen molar-refractivity contribution in [2.24, 2.45) is 0 Å². The number of ether oxygens (including phenoxy) is 2. The summed E-state index contributed by atoms with van der Waals surface area (Å²) in [4.78, 5) is 16.7. The Morgan fingerprint density at radius 3 is 2.96 bits per heavy atom. The molecule has 0 amide bonds. The summed E-state index contributed by atoms with van der Waals surface area (Å²) in [6.07, 6.45) is 3.73. The Labute approximate surface area is 152 Å². The minimum absolute atomic E-state index is 0. The molecule has 136 valence electrons. The van der Waals surface area contributed by atoms with Gasteiger partial charge in [0.25, 0.3) is 0 Å². The molecule has 0 radical (unpaired) electrons. The van der Waals surface area contributed by atoms with Gasteiger partial charge in [-0.2, -0.15) is 0 Å². The topological polar surface area (TPSA) is 74.8 Å². The predicted octanol–water partition coefficient (Wildman–Crippen LogP) is 3.78. The molecule has 0 saturated carbocycles. The molecule has 1 aromatic carbocycles. The van der Waals surface area contributed by atoms with E-state index in [2.05, 4.69) is 33.0 Å². The van der Waals surface area contributed by atoms with Gasteiger partial charge in [0, 0.05) is 30.1 Å². The van der Waals surface area contributed by atoms with Crippen LogP contribution in [0.15, 0.2) is 42.0 Å². The molecule has 0 bridgehead atoms. The van der Waals surface area contributed by atoms with Crippen LogP contribution in [-0.2, 0) is 15.9 Å². The molecule has 0 fully saturated rings. The first-order valence-corrected chi connectivity index (χ1v) is 8.11. The molecular weight excluding hydrogens is 344 g/mol. The number of fused-ring (bicyclic) bond motifs is 1. The molecule has 6 nitrogen and oxygen atoms in total. The maximum atomic E-state index is 11.2. The molecule has 2 heterocycles. The van der Waals surface area contributed by atoms with Crippen molar-refractivity contribution in [1.82, 2.24) is 9.88 Å². The van der Waals surface area contributed by atoms with Crippen LogP contribution < -0.4 is 0 Å². The predicted molar refractivity (Wildman–Crippen MR) is 98.1 cm³/mol. The minimum atomic E-state index is -0.794. The summed E-state index contributed by atoms with van der Waals surface area (Å²) in [6.45, 7) is 2.06. The van der Waals surface area contributed by atoms with E-state index in [1.165, 1.54) is 18.1 Å². The zero-order valence-electron chi connectivity index (χ0n) is 14.2. The highest BCUT2D eigenvalue weighted by molar-refractivity contribution is 5.85. The van der Waals surface area contributed by atoms with E-state index in [0.717, 1.165) is 31.4 Å². The first kappa shape index (κ1) is 19.1. The third kappa shape index (κ3) is 4.67.